The lowest BCUT2D eigenvalue weighted by atomic mass is 9.94. The summed E-state index contributed by atoms with van der Waals surface area (Å²) >= 11 is 0. The van der Waals surface area contributed by atoms with E-state index in [2.05, 4.69) is 15.6 Å². The van der Waals surface area contributed by atoms with E-state index in [9.17, 15) is 27.6 Å². The highest BCUT2D eigenvalue weighted by molar-refractivity contribution is 6.05. The van der Waals surface area contributed by atoms with Crippen LogP contribution in [0.1, 0.15) is 67.8 Å². The molecule has 45 heavy (non-hydrogen) atoms. The van der Waals surface area contributed by atoms with E-state index in [1.54, 1.807) is 36.5 Å². The van der Waals surface area contributed by atoms with Crippen molar-refractivity contribution >= 4 is 23.4 Å². The second-order valence-corrected chi connectivity index (χ2v) is 10.6. The van der Waals surface area contributed by atoms with Crippen LogP contribution in [0.5, 0.6) is 5.75 Å². The quantitative estimate of drug-likeness (QED) is 0.332. The van der Waals surface area contributed by atoms with Crippen molar-refractivity contribution in [1.82, 2.24) is 15.2 Å². The average molecular weight is 631 g/mol. The molecule has 0 saturated carbocycles. The molecule has 3 heterocycles. The number of alkyl halides is 3. The summed E-state index contributed by atoms with van der Waals surface area (Å²) in [4.78, 5) is 44.3. The Morgan fingerprint density at radius 3 is 2.44 bits per heavy atom. The Bertz CT molecular complexity index is 1480. The Kier molecular flexibility index (Phi) is 11.2. The van der Waals surface area contributed by atoms with Gasteiger partial charge in [-0.15, -0.1) is 0 Å². The fourth-order valence-electron chi connectivity index (χ4n) is 5.29. The summed E-state index contributed by atoms with van der Waals surface area (Å²) in [5.74, 6) is -0.743. The number of hydrogen-bond acceptors (Lipinski definition) is 6. The van der Waals surface area contributed by atoms with Crippen molar-refractivity contribution in [2.75, 3.05) is 25.5 Å². The predicted octanol–water partition coefficient (Wildman–Crippen LogP) is 6.00. The summed E-state index contributed by atoms with van der Waals surface area (Å²) in [6, 6.07) is 12.0. The minimum Gasteiger partial charge on any atom is -0.490 e. The Labute approximate surface area is 263 Å². The second kappa shape index (κ2) is 15.0. The molecule has 0 unspecified atom stereocenters. The smallest absolute Gasteiger partial charge is 0.416 e. The van der Waals surface area contributed by atoms with E-state index in [1.165, 1.54) is 6.07 Å². The molecule has 2 aliphatic heterocycles. The lowest BCUT2D eigenvalue weighted by Gasteiger charge is -2.42. The summed E-state index contributed by atoms with van der Waals surface area (Å²) in [7, 11) is 1.68. The lowest BCUT2D eigenvalue weighted by Crippen LogP contribution is -2.54. The SMILES string of the molecule is CC.CN1C(=O)c2cc(NC(=O)c3ccc(C(F)(F)F)cc3)ccc2OC[C@@H]2O[C@H](CC(=O)NCCc3ccncc3)CC[C@@H]21.[HH].[HH]. The van der Waals surface area contributed by atoms with Gasteiger partial charge in [0.15, 0.2) is 0 Å². The first-order valence-electron chi connectivity index (χ1n) is 14.9. The number of ether oxygens (including phenoxy) is 2. The highest BCUT2D eigenvalue weighted by atomic mass is 19.4. The molecule has 0 aliphatic carbocycles. The van der Waals surface area contributed by atoms with Crippen molar-refractivity contribution in [2.24, 2.45) is 0 Å². The van der Waals surface area contributed by atoms with Gasteiger partial charge >= 0.3 is 6.18 Å². The number of pyridine rings is 1. The zero-order valence-electron chi connectivity index (χ0n) is 25.4. The van der Waals surface area contributed by atoms with Crippen LogP contribution in [0.2, 0.25) is 0 Å². The summed E-state index contributed by atoms with van der Waals surface area (Å²) in [6.07, 6.45) is 0.281. The molecule has 0 radical (unpaired) electrons. The minimum absolute atomic E-state index is 0. The molecule has 2 aromatic carbocycles. The molecule has 1 saturated heterocycles. The number of nitrogens with one attached hydrogen (secondary N) is 2. The zero-order chi connectivity index (χ0) is 32.6. The van der Waals surface area contributed by atoms with Gasteiger partial charge in [0.1, 0.15) is 18.5 Å². The molecule has 1 aromatic heterocycles. The zero-order valence-corrected chi connectivity index (χ0v) is 25.4. The van der Waals surface area contributed by atoms with Crippen LogP contribution >= 0.6 is 0 Å². The largest absolute Gasteiger partial charge is 0.490 e. The van der Waals surface area contributed by atoms with Gasteiger partial charge < -0.3 is 25.0 Å². The van der Waals surface area contributed by atoms with Crippen LogP contribution in [0.3, 0.4) is 0 Å². The monoisotopic (exact) mass is 630 g/mol. The first-order valence-corrected chi connectivity index (χ1v) is 14.9. The number of anilines is 1. The predicted molar refractivity (Wildman–Crippen MR) is 166 cm³/mol. The molecule has 2 N–H and O–H groups in total. The van der Waals surface area contributed by atoms with Crippen LogP contribution in [0.4, 0.5) is 18.9 Å². The number of hydrogen-bond donors (Lipinski definition) is 2. The van der Waals surface area contributed by atoms with Gasteiger partial charge in [0.05, 0.1) is 29.7 Å². The average Bonchev–Trinajstić information content (AvgIpc) is 3.04. The maximum Gasteiger partial charge on any atom is 0.416 e. The summed E-state index contributed by atoms with van der Waals surface area (Å²) < 4.78 is 50.8. The first-order chi connectivity index (χ1) is 21.6. The van der Waals surface area contributed by atoms with E-state index in [1.807, 2.05) is 26.0 Å². The number of carbonyl (C=O) groups is 3. The standard InChI is InChI=1S/C31H31F3N4O5.C2H6.2H2/c1-38-25-8-7-23(17-28(39)36-15-12-19-10-13-35-14-11-19)43-27(25)18-42-26-9-6-22(16-24(26)30(38)41)37-29(40)20-2-4-21(5-3-20)31(32,33)34;1-2;;/h2-6,9-11,13-14,16,23,25,27H,7-8,12,15,17-18H2,1H3,(H,36,39)(H,37,40);1-2H3;2*1H/t23-,25-,27-;;;/m0.../s1. The van der Waals surface area contributed by atoms with Crippen molar-refractivity contribution < 1.29 is 39.9 Å². The maximum atomic E-state index is 13.5. The Hall–Kier alpha value is -4.45. The van der Waals surface area contributed by atoms with Crippen LogP contribution in [0.15, 0.2) is 67.0 Å². The molecule has 1 fully saturated rings. The highest BCUT2D eigenvalue weighted by Crippen LogP contribution is 2.33. The van der Waals surface area contributed by atoms with Crippen molar-refractivity contribution in [3.05, 3.63) is 89.2 Å². The Morgan fingerprint density at radius 1 is 1.04 bits per heavy atom. The van der Waals surface area contributed by atoms with Gasteiger partial charge in [-0.3, -0.25) is 19.4 Å². The van der Waals surface area contributed by atoms with Crippen LogP contribution in [-0.2, 0) is 22.1 Å². The Balaban J connectivity index is 0.00000188. The van der Waals surface area contributed by atoms with Crippen molar-refractivity contribution in [3.8, 4) is 5.75 Å². The molecule has 9 nitrogen and oxygen atoms in total. The van der Waals surface area contributed by atoms with E-state index in [0.717, 1.165) is 29.8 Å². The number of carbonyl (C=O) groups excluding carboxylic acids is 3. The van der Waals surface area contributed by atoms with Crippen LogP contribution in [-0.4, -0.2) is 66.1 Å². The van der Waals surface area contributed by atoms with E-state index >= 15 is 0 Å². The van der Waals surface area contributed by atoms with E-state index in [-0.39, 0.29) is 51.0 Å². The summed E-state index contributed by atoms with van der Waals surface area (Å²) in [5.41, 5.74) is 0.800. The van der Waals surface area contributed by atoms with Crippen molar-refractivity contribution in [3.63, 3.8) is 0 Å². The van der Waals surface area contributed by atoms with Crippen LogP contribution in [0.25, 0.3) is 0 Å². The van der Waals surface area contributed by atoms with E-state index < -0.39 is 23.8 Å². The highest BCUT2D eigenvalue weighted by Gasteiger charge is 2.39. The molecule has 0 bridgehead atoms. The molecule has 3 amide bonds. The second-order valence-electron chi connectivity index (χ2n) is 10.6. The van der Waals surface area contributed by atoms with E-state index in [0.29, 0.717) is 37.2 Å². The third-order valence-electron chi connectivity index (χ3n) is 7.64. The number of benzene rings is 2. The van der Waals surface area contributed by atoms with Crippen LogP contribution < -0.4 is 15.4 Å². The molecular weight excluding hydrogens is 589 g/mol. The number of nitrogens with zero attached hydrogens (tertiary/aromatic N) is 2. The molecule has 5 rings (SSSR count). The number of halogens is 3. The molecular formula is C33H41F3N4O5. The number of amides is 3. The van der Waals surface area contributed by atoms with Gasteiger partial charge in [0.25, 0.3) is 11.8 Å². The summed E-state index contributed by atoms with van der Waals surface area (Å²) in [5, 5.41) is 5.56. The van der Waals surface area contributed by atoms with Crippen molar-refractivity contribution in [2.45, 2.75) is 64.0 Å². The first kappa shape index (κ1) is 33.4. The number of fused-ring (bicyclic) bond motifs is 2. The number of aromatic nitrogens is 1. The molecule has 12 heteroatoms. The fraction of sp³-hybridized carbons (Fsp3) is 0.394. The van der Waals surface area contributed by atoms with Gasteiger partial charge in [0, 0.05) is 40.1 Å². The lowest BCUT2D eigenvalue weighted by molar-refractivity contribution is -0.137. The van der Waals surface area contributed by atoms with Gasteiger partial charge in [-0.25, -0.2) is 0 Å². The van der Waals surface area contributed by atoms with Gasteiger partial charge in [-0.1, -0.05) is 13.8 Å². The third-order valence-corrected chi connectivity index (χ3v) is 7.64. The minimum atomic E-state index is -4.50. The van der Waals surface area contributed by atoms with Gasteiger partial charge in [0.2, 0.25) is 5.91 Å². The van der Waals surface area contributed by atoms with Gasteiger partial charge in [-0.05, 0) is 79.4 Å². The topological polar surface area (TPSA) is 110 Å². The van der Waals surface area contributed by atoms with Crippen molar-refractivity contribution in [1.29, 1.82) is 0 Å². The van der Waals surface area contributed by atoms with Gasteiger partial charge in [-0.2, -0.15) is 13.2 Å². The fourth-order valence-corrected chi connectivity index (χ4v) is 5.29. The van der Waals surface area contributed by atoms with E-state index in [4.69, 9.17) is 9.47 Å². The third kappa shape index (κ3) is 8.59. The number of rotatable bonds is 7. The molecule has 2 aliphatic rings. The molecule has 0 spiro atoms. The molecule has 244 valence electrons. The van der Waals surface area contributed by atoms with Crippen LogP contribution in [0, 0.1) is 0 Å². The summed E-state index contributed by atoms with van der Waals surface area (Å²) in [6.45, 7) is 4.66. The maximum absolute atomic E-state index is 13.5. The molecule has 3 atom stereocenters. The normalized spacial score (nSPS) is 19.4. The Morgan fingerprint density at radius 2 is 1.76 bits per heavy atom. The number of likely N-dealkylation sites (N-methyl/N-ethyl adjacent to an activating group) is 1. The molecule has 3 aromatic rings.